The minimum atomic E-state index is 0. The lowest BCUT2D eigenvalue weighted by Crippen LogP contribution is -3.00. The molecular weight excluding hydrogens is 164 g/mol. The van der Waals surface area contributed by atoms with Crippen LogP contribution in [0.15, 0.2) is 18.5 Å². The van der Waals surface area contributed by atoms with Crippen LogP contribution in [0.3, 0.4) is 0 Å². The van der Waals surface area contributed by atoms with Gasteiger partial charge in [-0.3, -0.25) is 0 Å². The third kappa shape index (κ3) is 2.37. The van der Waals surface area contributed by atoms with E-state index in [9.17, 15) is 5.11 Å². The van der Waals surface area contributed by atoms with E-state index in [1.165, 1.54) is 0 Å². The number of rotatable bonds is 1. The Morgan fingerprint density at radius 3 is 2.73 bits per heavy atom. The number of nitrogens with zero attached hydrogens (tertiary/aromatic N) is 1. The van der Waals surface area contributed by atoms with Gasteiger partial charge in [0.15, 0.2) is 11.9 Å². The van der Waals surface area contributed by atoms with E-state index in [4.69, 9.17) is 5.73 Å². The summed E-state index contributed by atoms with van der Waals surface area (Å²) in [4.78, 5) is 0. The van der Waals surface area contributed by atoms with Crippen LogP contribution in [0, 0.1) is 0 Å². The Balaban J connectivity index is 0.000001000. The van der Waals surface area contributed by atoms with Crippen molar-refractivity contribution in [3.63, 3.8) is 0 Å². The van der Waals surface area contributed by atoms with Crippen LogP contribution in [0.1, 0.15) is 5.56 Å². The maximum Gasteiger partial charge on any atom is 0.211 e. The van der Waals surface area contributed by atoms with Gasteiger partial charge in [-0.25, -0.2) is 4.57 Å². The highest BCUT2D eigenvalue weighted by Crippen LogP contribution is 2.10. The largest absolute Gasteiger partial charge is 1.00 e. The number of hydrogen-bond donors (Lipinski definition) is 2. The molecule has 1 aromatic rings. The van der Waals surface area contributed by atoms with E-state index in [0.717, 1.165) is 5.56 Å². The first kappa shape index (κ1) is 10.2. The van der Waals surface area contributed by atoms with Crippen LogP contribution in [0.2, 0.25) is 0 Å². The standard InChI is InChI=1S/C7H10N2O.ClH/c1-9-3-2-6(4-8)7(10)5-9;/h2-3,5H,4,8H2,1H3;1H. The van der Waals surface area contributed by atoms with Gasteiger partial charge in [0.1, 0.15) is 7.05 Å². The van der Waals surface area contributed by atoms with Gasteiger partial charge in [0, 0.05) is 18.2 Å². The van der Waals surface area contributed by atoms with E-state index in [0.29, 0.717) is 6.54 Å². The van der Waals surface area contributed by atoms with E-state index in [-0.39, 0.29) is 18.2 Å². The molecule has 0 spiro atoms. The van der Waals surface area contributed by atoms with Crippen LogP contribution in [-0.2, 0) is 13.6 Å². The maximum atomic E-state index is 9.19. The predicted octanol–water partition coefficient (Wildman–Crippen LogP) is -3.32. The van der Waals surface area contributed by atoms with Gasteiger partial charge in [-0.1, -0.05) is 0 Å². The number of hydrogen-bond acceptors (Lipinski definition) is 2. The third-order valence-electron chi connectivity index (χ3n) is 1.39. The molecule has 0 atom stereocenters. The molecule has 0 unspecified atom stereocenters. The van der Waals surface area contributed by atoms with Crippen molar-refractivity contribution < 1.29 is 22.1 Å². The van der Waals surface area contributed by atoms with E-state index in [1.807, 2.05) is 13.2 Å². The first-order valence-electron chi connectivity index (χ1n) is 3.11. The minimum Gasteiger partial charge on any atom is -1.00 e. The molecule has 0 saturated heterocycles. The zero-order valence-corrected chi connectivity index (χ0v) is 7.04. The molecule has 0 radical (unpaired) electrons. The number of nitrogens with two attached hydrogens (primary N) is 1. The normalized spacial score (nSPS) is 8.91. The van der Waals surface area contributed by atoms with Gasteiger partial charge in [-0.2, -0.15) is 0 Å². The molecule has 0 saturated carbocycles. The zero-order chi connectivity index (χ0) is 7.56. The molecule has 3 N–H and O–H groups in total. The van der Waals surface area contributed by atoms with E-state index in [2.05, 4.69) is 0 Å². The Bertz CT molecular complexity index is 240. The van der Waals surface area contributed by atoms with Gasteiger partial charge in [0.25, 0.3) is 0 Å². The lowest BCUT2D eigenvalue weighted by atomic mass is 10.2. The Hall–Kier alpha value is -0.800. The summed E-state index contributed by atoms with van der Waals surface area (Å²) in [6.45, 7) is 0.382. The Kier molecular flexibility index (Phi) is 3.85. The van der Waals surface area contributed by atoms with Crippen LogP contribution in [0.4, 0.5) is 0 Å². The second kappa shape index (κ2) is 4.16. The fourth-order valence-corrected chi connectivity index (χ4v) is 0.784. The van der Waals surface area contributed by atoms with Crippen molar-refractivity contribution in [3.05, 3.63) is 24.0 Å². The molecule has 1 rings (SSSR count). The Morgan fingerprint density at radius 1 is 1.64 bits per heavy atom. The van der Waals surface area contributed by atoms with E-state index >= 15 is 0 Å². The van der Waals surface area contributed by atoms with Crippen LogP contribution < -0.4 is 22.7 Å². The highest BCUT2D eigenvalue weighted by atomic mass is 35.5. The second-order valence-corrected chi connectivity index (χ2v) is 2.22. The van der Waals surface area contributed by atoms with Crippen LogP contribution in [-0.4, -0.2) is 5.11 Å². The smallest absolute Gasteiger partial charge is 0.211 e. The topological polar surface area (TPSA) is 50.1 Å². The number of aromatic nitrogens is 1. The Labute approximate surface area is 71.9 Å². The van der Waals surface area contributed by atoms with E-state index in [1.54, 1.807) is 16.8 Å². The summed E-state index contributed by atoms with van der Waals surface area (Å²) in [5.41, 5.74) is 6.11. The van der Waals surface area contributed by atoms with Crippen LogP contribution in [0.5, 0.6) is 5.75 Å². The van der Waals surface area contributed by atoms with Gasteiger partial charge in [-0.15, -0.1) is 0 Å². The van der Waals surface area contributed by atoms with Crippen LogP contribution >= 0.6 is 0 Å². The summed E-state index contributed by atoms with van der Waals surface area (Å²) in [5.74, 6) is 0.257. The maximum absolute atomic E-state index is 9.19. The molecule has 1 heterocycles. The highest BCUT2D eigenvalue weighted by Gasteiger charge is 2.01. The van der Waals surface area contributed by atoms with Crippen molar-refractivity contribution in [2.75, 3.05) is 0 Å². The van der Waals surface area contributed by atoms with E-state index < -0.39 is 0 Å². The first-order valence-corrected chi connectivity index (χ1v) is 3.11. The predicted molar refractivity (Wildman–Crippen MR) is 37.2 cm³/mol. The Morgan fingerprint density at radius 2 is 2.27 bits per heavy atom. The van der Waals surface area contributed by atoms with Gasteiger partial charge in [-0.05, 0) is 0 Å². The molecule has 0 fully saturated rings. The van der Waals surface area contributed by atoms with Gasteiger partial charge in [0.05, 0.1) is 0 Å². The molecule has 3 nitrogen and oxygen atoms in total. The average molecular weight is 175 g/mol. The molecule has 11 heavy (non-hydrogen) atoms. The molecule has 4 heteroatoms. The number of halogens is 1. The van der Waals surface area contributed by atoms with Crippen molar-refractivity contribution in [3.8, 4) is 5.75 Å². The lowest BCUT2D eigenvalue weighted by Gasteiger charge is -1.96. The molecule has 62 valence electrons. The average Bonchev–Trinajstić information content (AvgIpc) is 1.88. The fraction of sp³-hybridized carbons (Fsp3) is 0.286. The monoisotopic (exact) mass is 174 g/mol. The van der Waals surface area contributed by atoms with Gasteiger partial charge >= 0.3 is 0 Å². The quantitative estimate of drug-likeness (QED) is 0.438. The van der Waals surface area contributed by atoms with Crippen molar-refractivity contribution in [1.29, 1.82) is 0 Å². The van der Waals surface area contributed by atoms with Crippen molar-refractivity contribution in [1.82, 2.24) is 0 Å². The van der Waals surface area contributed by atoms with Crippen molar-refractivity contribution in [2.24, 2.45) is 12.8 Å². The molecule has 0 aromatic carbocycles. The SMILES string of the molecule is C[n+]1ccc(CN)c(O)c1.[Cl-]. The lowest BCUT2D eigenvalue weighted by molar-refractivity contribution is -0.671. The molecular formula is C7H11ClN2O. The summed E-state index contributed by atoms with van der Waals surface area (Å²) in [6, 6.07) is 1.80. The van der Waals surface area contributed by atoms with Crippen LogP contribution in [0.25, 0.3) is 0 Å². The molecule has 1 aromatic heterocycles. The molecule has 0 bridgehead atoms. The fourth-order valence-electron chi connectivity index (χ4n) is 0.784. The molecule has 0 aliphatic heterocycles. The minimum absolute atomic E-state index is 0. The number of aromatic hydroxyl groups is 1. The summed E-state index contributed by atoms with van der Waals surface area (Å²) in [5, 5.41) is 9.19. The van der Waals surface area contributed by atoms with Crippen molar-refractivity contribution in [2.45, 2.75) is 6.54 Å². The highest BCUT2D eigenvalue weighted by molar-refractivity contribution is 5.25. The molecule has 0 amide bonds. The summed E-state index contributed by atoms with van der Waals surface area (Å²) < 4.78 is 1.77. The summed E-state index contributed by atoms with van der Waals surface area (Å²) >= 11 is 0. The number of aryl methyl sites for hydroxylation is 1. The molecule has 0 aliphatic carbocycles. The third-order valence-corrected chi connectivity index (χ3v) is 1.39. The second-order valence-electron chi connectivity index (χ2n) is 2.22. The molecule has 0 aliphatic rings. The number of pyridine rings is 1. The zero-order valence-electron chi connectivity index (χ0n) is 6.29. The summed E-state index contributed by atoms with van der Waals surface area (Å²) in [7, 11) is 1.85. The van der Waals surface area contributed by atoms with Gasteiger partial charge in [0.2, 0.25) is 6.20 Å². The van der Waals surface area contributed by atoms with Gasteiger partial charge < -0.3 is 23.2 Å². The summed E-state index contributed by atoms with van der Waals surface area (Å²) in [6.07, 6.45) is 3.48. The van der Waals surface area contributed by atoms with Crippen molar-refractivity contribution >= 4 is 0 Å². The first-order chi connectivity index (χ1) is 4.74.